The average molecular weight is 315 g/mol. The molecule has 5 heteroatoms. The number of amides is 1. The van der Waals surface area contributed by atoms with E-state index in [4.69, 9.17) is 10.5 Å². The summed E-state index contributed by atoms with van der Waals surface area (Å²) in [6.45, 7) is 5.67. The van der Waals surface area contributed by atoms with Crippen molar-refractivity contribution in [3.63, 3.8) is 0 Å². The van der Waals surface area contributed by atoms with Gasteiger partial charge in [-0.1, -0.05) is 13.8 Å². The van der Waals surface area contributed by atoms with Gasteiger partial charge in [-0.2, -0.15) is 0 Å². The largest absolute Gasteiger partial charge is 0.497 e. The van der Waals surface area contributed by atoms with Crippen molar-refractivity contribution in [1.29, 1.82) is 0 Å². The van der Waals surface area contributed by atoms with Crippen LogP contribution in [0.15, 0.2) is 28.8 Å². The SMILES string of the molecule is CCCN(CCC)C(=O)C1=Cc2cc(OC)ccc2N=C(N)C1. The van der Waals surface area contributed by atoms with Gasteiger partial charge in [0.15, 0.2) is 0 Å². The third-order valence-electron chi connectivity index (χ3n) is 3.75. The van der Waals surface area contributed by atoms with E-state index >= 15 is 0 Å². The number of carbonyl (C=O) groups excluding carboxylic acids is 1. The van der Waals surface area contributed by atoms with Gasteiger partial charge in [0.05, 0.1) is 12.8 Å². The van der Waals surface area contributed by atoms with Crippen molar-refractivity contribution in [2.24, 2.45) is 10.7 Å². The van der Waals surface area contributed by atoms with E-state index in [1.54, 1.807) is 7.11 Å². The summed E-state index contributed by atoms with van der Waals surface area (Å²) in [5, 5.41) is 0. The highest BCUT2D eigenvalue weighted by Gasteiger charge is 2.20. The van der Waals surface area contributed by atoms with E-state index in [0.717, 1.165) is 42.9 Å². The highest BCUT2D eigenvalue weighted by molar-refractivity contribution is 6.05. The Morgan fingerprint density at radius 1 is 1.30 bits per heavy atom. The maximum absolute atomic E-state index is 12.9. The minimum atomic E-state index is 0.0440. The molecule has 1 aromatic rings. The molecule has 0 bridgehead atoms. The highest BCUT2D eigenvalue weighted by atomic mass is 16.5. The van der Waals surface area contributed by atoms with Gasteiger partial charge in [-0.25, -0.2) is 4.99 Å². The fraction of sp³-hybridized carbons (Fsp3) is 0.444. The third kappa shape index (κ3) is 4.12. The number of aliphatic imine (C=N–C) groups is 1. The molecule has 0 radical (unpaired) electrons. The zero-order valence-corrected chi connectivity index (χ0v) is 14.1. The molecule has 5 nitrogen and oxygen atoms in total. The molecule has 2 N–H and O–H groups in total. The van der Waals surface area contributed by atoms with Crippen LogP contribution < -0.4 is 10.5 Å². The molecule has 0 atom stereocenters. The minimum absolute atomic E-state index is 0.0440. The summed E-state index contributed by atoms with van der Waals surface area (Å²) in [6.07, 6.45) is 4.14. The quantitative estimate of drug-likeness (QED) is 0.877. The van der Waals surface area contributed by atoms with Crippen molar-refractivity contribution in [1.82, 2.24) is 4.90 Å². The van der Waals surface area contributed by atoms with E-state index in [-0.39, 0.29) is 5.91 Å². The van der Waals surface area contributed by atoms with Gasteiger partial charge < -0.3 is 15.4 Å². The summed E-state index contributed by atoms with van der Waals surface area (Å²) in [7, 11) is 1.62. The van der Waals surface area contributed by atoms with E-state index in [2.05, 4.69) is 18.8 Å². The summed E-state index contributed by atoms with van der Waals surface area (Å²) < 4.78 is 5.26. The smallest absolute Gasteiger partial charge is 0.250 e. The van der Waals surface area contributed by atoms with Gasteiger partial charge in [0.2, 0.25) is 5.91 Å². The predicted octanol–water partition coefficient (Wildman–Crippen LogP) is 3.12. The van der Waals surface area contributed by atoms with Crippen LogP contribution in [0, 0.1) is 0 Å². The molecule has 1 aliphatic heterocycles. The van der Waals surface area contributed by atoms with Crippen LogP contribution >= 0.6 is 0 Å². The van der Waals surface area contributed by atoms with Crippen molar-refractivity contribution >= 4 is 23.5 Å². The first-order chi connectivity index (χ1) is 11.1. The maximum Gasteiger partial charge on any atom is 0.250 e. The first-order valence-electron chi connectivity index (χ1n) is 8.10. The molecule has 23 heavy (non-hydrogen) atoms. The number of hydrogen-bond acceptors (Lipinski definition) is 4. The number of rotatable bonds is 6. The van der Waals surface area contributed by atoms with Crippen LogP contribution in [0.25, 0.3) is 6.08 Å². The first-order valence-corrected chi connectivity index (χ1v) is 8.10. The Morgan fingerprint density at radius 2 is 2.00 bits per heavy atom. The molecule has 0 saturated heterocycles. The topological polar surface area (TPSA) is 67.9 Å². The lowest BCUT2D eigenvalue weighted by Gasteiger charge is -2.22. The van der Waals surface area contributed by atoms with Crippen molar-refractivity contribution < 1.29 is 9.53 Å². The monoisotopic (exact) mass is 315 g/mol. The molecule has 1 amide bonds. The van der Waals surface area contributed by atoms with Gasteiger partial charge in [0, 0.05) is 30.6 Å². The normalized spacial score (nSPS) is 13.5. The Hall–Kier alpha value is -2.30. The van der Waals surface area contributed by atoms with E-state index < -0.39 is 0 Å². The molecule has 124 valence electrons. The zero-order chi connectivity index (χ0) is 16.8. The third-order valence-corrected chi connectivity index (χ3v) is 3.75. The molecule has 0 aromatic heterocycles. The number of methoxy groups -OCH3 is 1. The number of carbonyl (C=O) groups is 1. The lowest BCUT2D eigenvalue weighted by atomic mass is 10.1. The van der Waals surface area contributed by atoms with Crippen LogP contribution in [0.2, 0.25) is 0 Å². The summed E-state index contributed by atoms with van der Waals surface area (Å²) in [5.41, 5.74) is 8.31. The van der Waals surface area contributed by atoms with Crippen LogP contribution in [0.1, 0.15) is 38.7 Å². The van der Waals surface area contributed by atoms with Crippen LogP contribution in [-0.2, 0) is 4.79 Å². The molecule has 0 aliphatic carbocycles. The van der Waals surface area contributed by atoms with E-state index in [9.17, 15) is 4.79 Å². The van der Waals surface area contributed by atoms with Crippen LogP contribution in [0.5, 0.6) is 5.75 Å². The van der Waals surface area contributed by atoms with Crippen molar-refractivity contribution in [2.45, 2.75) is 33.1 Å². The van der Waals surface area contributed by atoms with Gasteiger partial charge >= 0.3 is 0 Å². The van der Waals surface area contributed by atoms with Gasteiger partial charge in [-0.15, -0.1) is 0 Å². The van der Waals surface area contributed by atoms with Gasteiger partial charge in [0.1, 0.15) is 11.6 Å². The van der Waals surface area contributed by atoms with Gasteiger partial charge in [-0.3, -0.25) is 4.79 Å². The minimum Gasteiger partial charge on any atom is -0.497 e. The number of ether oxygens (including phenoxy) is 1. The Bertz CT molecular complexity index is 629. The fourth-order valence-corrected chi connectivity index (χ4v) is 2.70. The summed E-state index contributed by atoms with van der Waals surface area (Å²) in [4.78, 5) is 19.2. The van der Waals surface area contributed by atoms with E-state index in [0.29, 0.717) is 17.8 Å². The number of hydrogen-bond donors (Lipinski definition) is 1. The second-order valence-electron chi connectivity index (χ2n) is 5.67. The van der Waals surface area contributed by atoms with Gasteiger partial charge in [0.25, 0.3) is 0 Å². The predicted molar refractivity (Wildman–Crippen MR) is 94.0 cm³/mol. The number of amidine groups is 1. The average Bonchev–Trinajstić information content (AvgIpc) is 2.71. The zero-order valence-electron chi connectivity index (χ0n) is 14.1. The summed E-state index contributed by atoms with van der Waals surface area (Å²) in [5.74, 6) is 1.24. The molecule has 1 heterocycles. The van der Waals surface area contributed by atoms with E-state index in [1.165, 1.54) is 0 Å². The van der Waals surface area contributed by atoms with Crippen LogP contribution in [0.4, 0.5) is 5.69 Å². The highest BCUT2D eigenvalue weighted by Crippen LogP contribution is 2.30. The number of benzene rings is 1. The van der Waals surface area contributed by atoms with Crippen LogP contribution in [0.3, 0.4) is 0 Å². The Kier molecular flexibility index (Phi) is 5.79. The number of nitrogens with zero attached hydrogens (tertiary/aromatic N) is 2. The lowest BCUT2D eigenvalue weighted by Crippen LogP contribution is -2.34. The standard InChI is InChI=1S/C18H25N3O2/c1-4-8-21(9-5-2)18(22)14-10-13-11-15(23-3)6-7-16(13)20-17(19)12-14/h6-7,10-11H,4-5,8-9,12H2,1-3H3,(H2,19,20). The number of nitrogens with two attached hydrogens (primary N) is 1. The first kappa shape index (κ1) is 17.1. The van der Waals surface area contributed by atoms with Gasteiger partial charge in [-0.05, 0) is 37.1 Å². The Balaban J connectivity index is 2.39. The molecule has 0 fully saturated rings. The second kappa shape index (κ2) is 7.81. The molecule has 1 aromatic carbocycles. The summed E-state index contributed by atoms with van der Waals surface area (Å²) >= 11 is 0. The van der Waals surface area contributed by atoms with Crippen molar-refractivity contribution in [3.8, 4) is 5.75 Å². The molecule has 1 aliphatic rings. The number of fused-ring (bicyclic) bond motifs is 1. The lowest BCUT2D eigenvalue weighted by molar-refractivity contribution is -0.127. The Morgan fingerprint density at radius 3 is 2.61 bits per heavy atom. The second-order valence-corrected chi connectivity index (χ2v) is 5.67. The molecular weight excluding hydrogens is 290 g/mol. The van der Waals surface area contributed by atoms with Crippen LogP contribution in [-0.4, -0.2) is 36.8 Å². The fourth-order valence-electron chi connectivity index (χ4n) is 2.70. The molecule has 2 rings (SSSR count). The Labute approximate surface area is 137 Å². The molecule has 0 unspecified atom stereocenters. The van der Waals surface area contributed by atoms with E-state index in [1.807, 2.05) is 29.2 Å². The van der Waals surface area contributed by atoms with Crippen molar-refractivity contribution in [3.05, 3.63) is 29.3 Å². The maximum atomic E-state index is 12.9. The van der Waals surface area contributed by atoms with Crippen molar-refractivity contribution in [2.75, 3.05) is 20.2 Å². The molecule has 0 saturated carbocycles. The molecule has 0 spiro atoms. The molecular formula is C18H25N3O2. The summed E-state index contributed by atoms with van der Waals surface area (Å²) in [6, 6.07) is 5.59.